The second-order valence-electron chi connectivity index (χ2n) is 9.52. The maximum absolute atomic E-state index is 15.1. The zero-order valence-electron chi connectivity index (χ0n) is 20.6. The van der Waals surface area contributed by atoms with Crippen LogP contribution in [0.25, 0.3) is 11.1 Å². The lowest BCUT2D eigenvalue weighted by Gasteiger charge is -2.33. The molecule has 1 saturated heterocycles. The number of piperazine rings is 1. The molecule has 2 aromatic carbocycles. The average molecular weight is 575 g/mol. The number of halogens is 8. The molecule has 3 rings (SSSR count). The lowest BCUT2D eigenvalue weighted by molar-refractivity contribution is -0.376. The molecular weight excluding hydrogens is 548 g/mol. The zero-order valence-corrected chi connectivity index (χ0v) is 21.4. The van der Waals surface area contributed by atoms with Crippen molar-refractivity contribution in [1.29, 1.82) is 0 Å². The van der Waals surface area contributed by atoms with Gasteiger partial charge in [-0.05, 0) is 29.2 Å². The van der Waals surface area contributed by atoms with Gasteiger partial charge in [0.25, 0.3) is 5.60 Å². The highest BCUT2D eigenvalue weighted by Gasteiger charge is 2.71. The van der Waals surface area contributed by atoms with Crippen molar-refractivity contribution in [3.63, 3.8) is 0 Å². The molecule has 0 unspecified atom stereocenters. The molecule has 38 heavy (non-hydrogen) atoms. The zero-order chi connectivity index (χ0) is 28.8. The summed E-state index contributed by atoms with van der Waals surface area (Å²) in [6.07, 6.45) is -11.3. The van der Waals surface area contributed by atoms with Gasteiger partial charge in [-0.1, -0.05) is 32.0 Å². The number of rotatable bonds is 6. The highest BCUT2D eigenvalue weighted by Crippen LogP contribution is 2.50. The molecule has 1 aliphatic rings. The molecule has 0 atom stereocenters. The Morgan fingerprint density at radius 2 is 1.42 bits per heavy atom. The predicted molar refractivity (Wildman–Crippen MR) is 124 cm³/mol. The third kappa shape index (κ3) is 5.82. The number of benzene rings is 2. The molecule has 1 fully saturated rings. The molecule has 0 saturated carbocycles. The fourth-order valence-electron chi connectivity index (χ4n) is 4.38. The van der Waals surface area contributed by atoms with Crippen LogP contribution in [0.2, 0.25) is 0 Å². The molecule has 2 aromatic rings. The van der Waals surface area contributed by atoms with E-state index in [-0.39, 0.29) is 42.7 Å². The van der Waals surface area contributed by atoms with Gasteiger partial charge in [0.15, 0.2) is 0 Å². The fraction of sp³-hybridized carbons (Fsp3) is 0.500. The van der Waals surface area contributed by atoms with Crippen molar-refractivity contribution in [2.24, 2.45) is 0 Å². The van der Waals surface area contributed by atoms with Crippen molar-refractivity contribution in [3.05, 3.63) is 58.7 Å². The smallest absolute Gasteiger partial charge is 0.369 e. The van der Waals surface area contributed by atoms with E-state index >= 15 is 4.39 Å². The second kappa shape index (κ2) is 10.4. The maximum atomic E-state index is 15.1. The Labute approximate surface area is 214 Å². The summed E-state index contributed by atoms with van der Waals surface area (Å²) in [5, 5.41) is 9.56. The van der Waals surface area contributed by atoms with Crippen LogP contribution in [0.1, 0.15) is 36.5 Å². The molecule has 1 aliphatic heterocycles. The Morgan fingerprint density at radius 3 is 1.87 bits per heavy atom. The first kappa shape index (κ1) is 30.3. The van der Waals surface area contributed by atoms with E-state index in [0.717, 1.165) is 12.3 Å². The first-order chi connectivity index (χ1) is 17.3. The summed E-state index contributed by atoms with van der Waals surface area (Å²) >= 11 is 0. The van der Waals surface area contributed by atoms with Gasteiger partial charge in [0.1, 0.15) is 11.6 Å². The molecule has 14 heteroatoms. The van der Waals surface area contributed by atoms with Crippen LogP contribution in [-0.4, -0.2) is 67.5 Å². The minimum atomic E-state index is -6.18. The van der Waals surface area contributed by atoms with Crippen LogP contribution >= 0.6 is 0 Å². The van der Waals surface area contributed by atoms with Crippen LogP contribution in [0.15, 0.2) is 30.3 Å². The van der Waals surface area contributed by atoms with Crippen molar-refractivity contribution < 1.29 is 48.6 Å². The van der Waals surface area contributed by atoms with Crippen LogP contribution in [-0.2, 0) is 22.2 Å². The molecule has 0 bridgehead atoms. The van der Waals surface area contributed by atoms with Gasteiger partial charge < -0.3 is 5.11 Å². The van der Waals surface area contributed by atoms with Crippen LogP contribution in [0.3, 0.4) is 0 Å². The van der Waals surface area contributed by atoms with Crippen LogP contribution < -0.4 is 0 Å². The number of hydrogen-bond acceptors (Lipinski definition) is 4. The van der Waals surface area contributed by atoms with Gasteiger partial charge in [-0.15, -0.1) is 0 Å². The summed E-state index contributed by atoms with van der Waals surface area (Å²) in [5.41, 5.74) is -6.94. The van der Waals surface area contributed by atoms with Gasteiger partial charge in [-0.2, -0.15) is 30.6 Å². The van der Waals surface area contributed by atoms with Crippen LogP contribution in [0.4, 0.5) is 35.1 Å². The van der Waals surface area contributed by atoms with E-state index < -0.39 is 50.7 Å². The standard InChI is InChI=1S/C24H26F8N2O3S/c1-14(2)18-10-15(13-33-6-8-34(9-7-33)38(3,36)37)20(25)12-19(18)17-5-4-16(11-21(17)26)22(35,23(27,28)29)24(30,31)32/h4-5,10-12,14,35H,6-9,13H2,1-3H3. The molecule has 0 spiro atoms. The topological polar surface area (TPSA) is 60.9 Å². The molecule has 212 valence electrons. The van der Waals surface area contributed by atoms with E-state index in [1.54, 1.807) is 13.8 Å². The number of nitrogens with zero attached hydrogens (tertiary/aromatic N) is 2. The first-order valence-electron chi connectivity index (χ1n) is 11.4. The monoisotopic (exact) mass is 574 g/mol. The van der Waals surface area contributed by atoms with Gasteiger partial charge >= 0.3 is 12.4 Å². The normalized spacial score (nSPS) is 16.9. The SMILES string of the molecule is CC(C)c1cc(CN2CCN(S(C)(=O)=O)CC2)c(F)cc1-c1ccc(C(O)(C(F)(F)F)C(F)(F)F)cc1F. The summed E-state index contributed by atoms with van der Waals surface area (Å²) in [6, 6.07) is 3.34. The van der Waals surface area contributed by atoms with Crippen molar-refractivity contribution in [1.82, 2.24) is 9.21 Å². The Morgan fingerprint density at radius 1 is 0.868 bits per heavy atom. The second-order valence-corrected chi connectivity index (χ2v) is 11.5. The minimum absolute atomic E-state index is 0.0481. The van der Waals surface area contributed by atoms with Gasteiger partial charge in [0.2, 0.25) is 10.0 Å². The summed E-state index contributed by atoms with van der Waals surface area (Å²) in [4.78, 5) is 1.83. The molecule has 5 nitrogen and oxygen atoms in total. The summed E-state index contributed by atoms with van der Waals surface area (Å²) < 4.78 is 134. The van der Waals surface area contributed by atoms with Crippen LogP contribution in [0.5, 0.6) is 0 Å². The van der Waals surface area contributed by atoms with Gasteiger partial charge in [-0.25, -0.2) is 17.2 Å². The van der Waals surface area contributed by atoms with Crippen molar-refractivity contribution in [2.75, 3.05) is 32.4 Å². The first-order valence-corrected chi connectivity index (χ1v) is 13.3. The van der Waals surface area contributed by atoms with E-state index in [2.05, 4.69) is 0 Å². The van der Waals surface area contributed by atoms with E-state index in [4.69, 9.17) is 0 Å². The van der Waals surface area contributed by atoms with E-state index in [9.17, 15) is 44.3 Å². The van der Waals surface area contributed by atoms with E-state index in [1.165, 1.54) is 10.4 Å². The van der Waals surface area contributed by atoms with E-state index in [0.29, 0.717) is 30.8 Å². The number of aliphatic hydroxyl groups is 1. The van der Waals surface area contributed by atoms with Crippen molar-refractivity contribution in [3.8, 4) is 11.1 Å². The van der Waals surface area contributed by atoms with E-state index in [1.807, 2.05) is 4.90 Å². The van der Waals surface area contributed by atoms with Gasteiger partial charge in [0, 0.05) is 49.4 Å². The Hall–Kier alpha value is -2.29. The van der Waals surface area contributed by atoms with Gasteiger partial charge in [0.05, 0.1) is 6.26 Å². The summed E-state index contributed by atoms with van der Waals surface area (Å²) in [7, 11) is -3.36. The minimum Gasteiger partial charge on any atom is -0.369 e. The lowest BCUT2D eigenvalue weighted by Crippen LogP contribution is -2.53. The summed E-state index contributed by atoms with van der Waals surface area (Å²) in [5.74, 6) is -2.62. The Balaban J connectivity index is 1.98. The van der Waals surface area contributed by atoms with Gasteiger partial charge in [-0.3, -0.25) is 4.90 Å². The lowest BCUT2D eigenvalue weighted by atomic mass is 9.87. The molecular formula is C24H26F8N2O3S. The number of alkyl halides is 6. The fourth-order valence-corrected chi connectivity index (χ4v) is 5.20. The highest BCUT2D eigenvalue weighted by molar-refractivity contribution is 7.88. The molecule has 0 amide bonds. The maximum Gasteiger partial charge on any atom is 0.430 e. The average Bonchev–Trinajstić information content (AvgIpc) is 2.77. The quantitative estimate of drug-likeness (QED) is 0.486. The Kier molecular flexibility index (Phi) is 8.25. The molecule has 1 N–H and O–H groups in total. The molecule has 0 aromatic heterocycles. The predicted octanol–water partition coefficient (Wildman–Crippen LogP) is 5.14. The van der Waals surface area contributed by atoms with Crippen molar-refractivity contribution >= 4 is 10.0 Å². The number of sulfonamides is 1. The highest BCUT2D eigenvalue weighted by atomic mass is 32.2. The molecule has 0 radical (unpaired) electrons. The third-order valence-corrected chi connectivity index (χ3v) is 7.84. The number of hydrogen-bond donors (Lipinski definition) is 1. The summed E-state index contributed by atoms with van der Waals surface area (Å²) in [6.45, 7) is 4.61. The van der Waals surface area contributed by atoms with Crippen molar-refractivity contribution in [2.45, 2.75) is 44.3 Å². The largest absolute Gasteiger partial charge is 0.430 e. The third-order valence-electron chi connectivity index (χ3n) is 6.53. The molecule has 1 heterocycles. The Bertz CT molecular complexity index is 1270. The molecule has 0 aliphatic carbocycles. The van der Waals surface area contributed by atoms with Crippen LogP contribution in [0, 0.1) is 11.6 Å².